The van der Waals surface area contributed by atoms with Crippen LogP contribution in [0.5, 0.6) is 0 Å². The third-order valence-electron chi connectivity index (χ3n) is 5.48. The molecule has 6 nitrogen and oxygen atoms in total. The second kappa shape index (κ2) is 7.19. The van der Waals surface area contributed by atoms with Crippen molar-refractivity contribution in [3.63, 3.8) is 0 Å². The Balaban J connectivity index is 1.60. The third kappa shape index (κ3) is 3.22. The number of nitrogens with zero attached hydrogens (tertiary/aromatic N) is 5. The van der Waals surface area contributed by atoms with Crippen LogP contribution in [0.25, 0.3) is 11.4 Å². The second-order valence-electron chi connectivity index (χ2n) is 7.58. The molecule has 2 aromatic rings. The fraction of sp³-hybridized carbons (Fsp3) is 0.632. The van der Waals surface area contributed by atoms with Crippen LogP contribution in [0.3, 0.4) is 0 Å². The van der Waals surface area contributed by atoms with E-state index in [9.17, 15) is 0 Å². The number of fused-ring (bicyclic) bond motifs is 3. The van der Waals surface area contributed by atoms with E-state index < -0.39 is 0 Å². The molecular weight excluding hydrogens is 344 g/mol. The van der Waals surface area contributed by atoms with Gasteiger partial charge in [-0.25, -0.2) is 15.0 Å². The van der Waals surface area contributed by atoms with Crippen molar-refractivity contribution in [2.24, 2.45) is 7.05 Å². The van der Waals surface area contributed by atoms with E-state index in [0.717, 1.165) is 56.2 Å². The molecular formula is C19H28N6S. The number of hydrogen-bond acceptors (Lipinski definition) is 6. The highest BCUT2D eigenvalue weighted by Gasteiger charge is 2.26. The summed E-state index contributed by atoms with van der Waals surface area (Å²) in [6.07, 6.45) is 8.38. The maximum atomic E-state index is 4.92. The fourth-order valence-corrected chi connectivity index (χ4v) is 4.62. The highest BCUT2D eigenvalue weighted by Crippen LogP contribution is 2.34. The van der Waals surface area contributed by atoms with E-state index in [1.807, 2.05) is 18.1 Å². The lowest BCUT2D eigenvalue weighted by Crippen LogP contribution is -2.35. The average Bonchev–Trinajstić information content (AvgIpc) is 3.00. The molecule has 26 heavy (non-hydrogen) atoms. The zero-order chi connectivity index (χ0) is 18.3. The van der Waals surface area contributed by atoms with Crippen molar-refractivity contribution >= 4 is 17.9 Å². The molecule has 0 spiro atoms. The van der Waals surface area contributed by atoms with Crippen LogP contribution in [0.2, 0.25) is 0 Å². The molecule has 0 bridgehead atoms. The van der Waals surface area contributed by atoms with E-state index in [0.29, 0.717) is 12.0 Å². The summed E-state index contributed by atoms with van der Waals surface area (Å²) in [7, 11) is 2.11. The second-order valence-corrected chi connectivity index (χ2v) is 8.46. The minimum Gasteiger partial charge on any atom is -0.351 e. The number of nitrogens with one attached hydrogen (secondary N) is 1. The molecule has 0 saturated carbocycles. The monoisotopic (exact) mass is 372 g/mol. The number of aryl methyl sites for hydroxylation is 2. The van der Waals surface area contributed by atoms with Crippen molar-refractivity contribution in [2.45, 2.75) is 51.5 Å². The largest absolute Gasteiger partial charge is 0.351 e. The van der Waals surface area contributed by atoms with Gasteiger partial charge in [0.05, 0.1) is 17.1 Å². The standard InChI is InChI=1S/C19H28N6S/c1-12(2)18-22-15-6-5-13-11-20-19(23-16(13)17(15)24(18)3)21-14-7-9-25(26-4)10-8-14/h11-12,14H,5-10H2,1-4H3,(H,20,21,23). The van der Waals surface area contributed by atoms with Gasteiger partial charge in [-0.15, -0.1) is 0 Å². The predicted molar refractivity (Wildman–Crippen MR) is 107 cm³/mol. The van der Waals surface area contributed by atoms with E-state index in [-0.39, 0.29) is 0 Å². The summed E-state index contributed by atoms with van der Waals surface area (Å²) in [5.74, 6) is 2.31. The van der Waals surface area contributed by atoms with Crippen molar-refractivity contribution < 1.29 is 0 Å². The van der Waals surface area contributed by atoms with Crippen LogP contribution >= 0.6 is 11.9 Å². The number of hydrogen-bond donors (Lipinski definition) is 1. The van der Waals surface area contributed by atoms with Crippen LogP contribution < -0.4 is 5.32 Å². The van der Waals surface area contributed by atoms with Crippen LogP contribution in [-0.2, 0) is 19.9 Å². The first-order valence-electron chi connectivity index (χ1n) is 9.54. The van der Waals surface area contributed by atoms with E-state index >= 15 is 0 Å². The Hall–Kier alpha value is -1.60. The first kappa shape index (κ1) is 17.8. The topological polar surface area (TPSA) is 58.9 Å². The highest BCUT2D eigenvalue weighted by atomic mass is 32.2. The molecule has 2 aromatic heterocycles. The first-order valence-corrected chi connectivity index (χ1v) is 10.7. The summed E-state index contributed by atoms with van der Waals surface area (Å²) in [4.78, 5) is 14.4. The molecule has 0 unspecified atom stereocenters. The molecule has 0 atom stereocenters. The van der Waals surface area contributed by atoms with Gasteiger partial charge in [-0.3, -0.25) is 4.31 Å². The van der Waals surface area contributed by atoms with Crippen molar-refractivity contribution in [1.29, 1.82) is 0 Å². The molecule has 7 heteroatoms. The minimum absolute atomic E-state index is 0.412. The van der Waals surface area contributed by atoms with E-state index in [4.69, 9.17) is 9.97 Å². The van der Waals surface area contributed by atoms with Crippen LogP contribution in [-0.4, -0.2) is 49.2 Å². The summed E-state index contributed by atoms with van der Waals surface area (Å²) in [6, 6.07) is 0.456. The lowest BCUT2D eigenvalue weighted by atomic mass is 9.98. The number of rotatable bonds is 4. The Morgan fingerprint density at radius 1 is 1.19 bits per heavy atom. The van der Waals surface area contributed by atoms with Gasteiger partial charge in [0, 0.05) is 38.3 Å². The Kier molecular flexibility index (Phi) is 4.92. The van der Waals surface area contributed by atoms with Gasteiger partial charge < -0.3 is 9.88 Å². The van der Waals surface area contributed by atoms with Gasteiger partial charge in [0.15, 0.2) is 0 Å². The van der Waals surface area contributed by atoms with Gasteiger partial charge in [-0.2, -0.15) is 0 Å². The van der Waals surface area contributed by atoms with Crippen LogP contribution in [0.4, 0.5) is 5.95 Å². The maximum absolute atomic E-state index is 4.92. The molecule has 0 amide bonds. The summed E-state index contributed by atoms with van der Waals surface area (Å²) >= 11 is 1.84. The minimum atomic E-state index is 0.412. The van der Waals surface area contributed by atoms with E-state index in [1.54, 1.807) is 0 Å². The van der Waals surface area contributed by atoms with Gasteiger partial charge in [-0.05, 0) is 37.5 Å². The molecule has 0 aromatic carbocycles. The maximum Gasteiger partial charge on any atom is 0.223 e. The fourth-order valence-electron chi connectivity index (χ4n) is 4.04. The van der Waals surface area contributed by atoms with Gasteiger partial charge in [0.2, 0.25) is 5.95 Å². The Labute approximate surface area is 160 Å². The average molecular weight is 373 g/mol. The van der Waals surface area contributed by atoms with Crippen molar-refractivity contribution in [3.05, 3.63) is 23.3 Å². The molecule has 0 radical (unpaired) electrons. The molecule has 1 fully saturated rings. The van der Waals surface area contributed by atoms with Crippen LogP contribution in [0.15, 0.2) is 6.20 Å². The smallest absolute Gasteiger partial charge is 0.223 e. The lowest BCUT2D eigenvalue weighted by Gasteiger charge is -2.30. The Morgan fingerprint density at radius 3 is 2.65 bits per heavy atom. The molecule has 1 N–H and O–H groups in total. The normalized spacial score (nSPS) is 18.0. The zero-order valence-electron chi connectivity index (χ0n) is 16.1. The Morgan fingerprint density at radius 2 is 1.96 bits per heavy atom. The zero-order valence-corrected chi connectivity index (χ0v) is 16.9. The van der Waals surface area contributed by atoms with Crippen molar-refractivity contribution in [3.8, 4) is 11.4 Å². The molecule has 3 heterocycles. The van der Waals surface area contributed by atoms with Gasteiger partial charge in [-0.1, -0.05) is 25.8 Å². The molecule has 2 aliphatic rings. The molecule has 1 aliphatic heterocycles. The number of aromatic nitrogens is 4. The Bertz CT molecular complexity index is 792. The summed E-state index contributed by atoms with van der Waals surface area (Å²) < 4.78 is 4.65. The molecule has 140 valence electrons. The quantitative estimate of drug-likeness (QED) is 0.832. The summed E-state index contributed by atoms with van der Waals surface area (Å²) in [5, 5.41) is 3.57. The summed E-state index contributed by atoms with van der Waals surface area (Å²) in [6.45, 7) is 6.63. The van der Waals surface area contributed by atoms with Crippen molar-refractivity contribution in [2.75, 3.05) is 24.7 Å². The number of piperidine rings is 1. The third-order valence-corrected chi connectivity index (χ3v) is 6.37. The van der Waals surface area contributed by atoms with Gasteiger partial charge in [0.25, 0.3) is 0 Å². The van der Waals surface area contributed by atoms with Gasteiger partial charge >= 0.3 is 0 Å². The van der Waals surface area contributed by atoms with E-state index in [1.165, 1.54) is 17.0 Å². The van der Waals surface area contributed by atoms with E-state index in [2.05, 4.69) is 46.3 Å². The van der Waals surface area contributed by atoms with Crippen molar-refractivity contribution in [1.82, 2.24) is 23.8 Å². The predicted octanol–water partition coefficient (Wildman–Crippen LogP) is 3.25. The first-order chi connectivity index (χ1) is 12.6. The molecule has 1 aliphatic carbocycles. The lowest BCUT2D eigenvalue weighted by molar-refractivity contribution is 0.358. The molecule has 4 rings (SSSR count). The highest BCUT2D eigenvalue weighted by molar-refractivity contribution is 7.96. The van der Waals surface area contributed by atoms with Gasteiger partial charge in [0.1, 0.15) is 5.82 Å². The SMILES string of the molecule is CSN1CCC(Nc2ncc3c(n2)-c2c(nc(C(C)C)n2C)CC3)CC1. The van der Waals surface area contributed by atoms with Crippen LogP contribution in [0.1, 0.15) is 49.7 Å². The molecule has 1 saturated heterocycles. The number of imidazole rings is 1. The summed E-state index contributed by atoms with van der Waals surface area (Å²) in [5.41, 5.74) is 4.66. The van der Waals surface area contributed by atoms with Crippen LogP contribution in [0, 0.1) is 0 Å². The number of anilines is 1.